The van der Waals surface area contributed by atoms with E-state index in [1.807, 2.05) is 0 Å². The summed E-state index contributed by atoms with van der Waals surface area (Å²) in [5, 5.41) is 31.2. The van der Waals surface area contributed by atoms with Gasteiger partial charge in [0.25, 0.3) is 11.9 Å². The number of aliphatic hydroxyl groups is 2. The van der Waals surface area contributed by atoms with Gasteiger partial charge in [-0.3, -0.25) is 9.59 Å². The molecular weight excluding hydrogens is 204 g/mol. The number of carboxylic acids is 2. The van der Waals surface area contributed by atoms with E-state index in [0.717, 1.165) is 19.4 Å². The number of aliphatic carboxylic acids is 2. The summed E-state index contributed by atoms with van der Waals surface area (Å²) >= 11 is 0. The third kappa shape index (κ3) is 209. The van der Waals surface area contributed by atoms with Gasteiger partial charge in [-0.05, 0) is 19.9 Å². The van der Waals surface area contributed by atoms with Gasteiger partial charge in [0.2, 0.25) is 0 Å². The lowest BCUT2D eigenvalue weighted by atomic mass is 10.3. The quantitative estimate of drug-likeness (QED) is 0.378. The first-order valence-electron chi connectivity index (χ1n) is 3.99. The standard InChI is InChI=1S/C5H10O2.2C2H4O2/c1-4(2)3-5(6)7;2*1-2(3)4/h3,5-7H,1-2H3;2*1H3,(H,3,4). The van der Waals surface area contributed by atoms with Crippen molar-refractivity contribution in [2.75, 3.05) is 0 Å². The number of aliphatic hydroxyl groups excluding tert-OH is 1. The van der Waals surface area contributed by atoms with Gasteiger partial charge in [0.1, 0.15) is 0 Å². The van der Waals surface area contributed by atoms with Crippen LogP contribution in [-0.2, 0) is 9.59 Å². The minimum atomic E-state index is -1.29. The minimum absolute atomic E-state index is 0.833. The van der Waals surface area contributed by atoms with Crippen LogP contribution in [0.4, 0.5) is 0 Å². The summed E-state index contributed by atoms with van der Waals surface area (Å²) in [6.07, 6.45) is 0.0741. The Morgan fingerprint density at radius 1 is 0.933 bits per heavy atom. The lowest BCUT2D eigenvalue weighted by Crippen LogP contribution is -1.97. The van der Waals surface area contributed by atoms with Gasteiger partial charge in [0.15, 0.2) is 6.29 Å². The van der Waals surface area contributed by atoms with Crippen molar-refractivity contribution in [1.29, 1.82) is 0 Å². The normalized spacial score (nSPS) is 7.67. The van der Waals surface area contributed by atoms with Gasteiger partial charge >= 0.3 is 0 Å². The highest BCUT2D eigenvalue weighted by Gasteiger charge is 1.85. The SMILES string of the molecule is CC(=O)O.CC(=O)O.CC(C)=CC(O)O. The first-order chi connectivity index (χ1) is 6.59. The Kier molecular flexibility index (Phi) is 16.1. The lowest BCUT2D eigenvalue weighted by molar-refractivity contribution is -0.135. The van der Waals surface area contributed by atoms with Crippen molar-refractivity contribution in [3.63, 3.8) is 0 Å². The molecule has 0 bridgehead atoms. The Morgan fingerprint density at radius 3 is 1.13 bits per heavy atom. The third-order valence-corrected chi connectivity index (χ3v) is 0.482. The van der Waals surface area contributed by atoms with Crippen LogP contribution in [0.25, 0.3) is 0 Å². The van der Waals surface area contributed by atoms with E-state index in [0.29, 0.717) is 0 Å². The first kappa shape index (κ1) is 19.2. The second kappa shape index (κ2) is 12.6. The lowest BCUT2D eigenvalue weighted by Gasteiger charge is -1.92. The molecule has 0 aliphatic carbocycles. The molecule has 0 aromatic rings. The molecule has 0 aromatic carbocycles. The maximum absolute atomic E-state index is 9.00. The second-order valence-corrected chi connectivity index (χ2v) is 2.70. The Morgan fingerprint density at radius 2 is 1.13 bits per heavy atom. The zero-order valence-corrected chi connectivity index (χ0v) is 9.26. The van der Waals surface area contributed by atoms with Crippen molar-refractivity contribution in [2.45, 2.75) is 34.0 Å². The van der Waals surface area contributed by atoms with E-state index >= 15 is 0 Å². The molecule has 0 atom stereocenters. The van der Waals surface area contributed by atoms with Gasteiger partial charge < -0.3 is 20.4 Å². The van der Waals surface area contributed by atoms with Crippen LogP contribution in [0, 0.1) is 0 Å². The maximum Gasteiger partial charge on any atom is 0.300 e. The zero-order chi connectivity index (χ0) is 13.0. The Labute approximate surface area is 88.5 Å². The van der Waals surface area contributed by atoms with Crippen LogP contribution >= 0.6 is 0 Å². The fourth-order valence-corrected chi connectivity index (χ4v) is 0.298. The average Bonchev–Trinajstić information content (AvgIpc) is 1.78. The van der Waals surface area contributed by atoms with Crippen molar-refractivity contribution in [1.82, 2.24) is 0 Å². The molecule has 0 saturated heterocycles. The van der Waals surface area contributed by atoms with Crippen LogP contribution in [0.15, 0.2) is 11.6 Å². The molecule has 4 N–H and O–H groups in total. The zero-order valence-electron chi connectivity index (χ0n) is 9.26. The number of carbonyl (C=O) groups is 2. The summed E-state index contributed by atoms with van der Waals surface area (Å²) < 4.78 is 0. The van der Waals surface area contributed by atoms with Crippen LogP contribution in [0.2, 0.25) is 0 Å². The molecular formula is C9H18O6. The molecule has 0 heterocycles. The molecule has 0 fully saturated rings. The number of hydrogen-bond donors (Lipinski definition) is 4. The van der Waals surface area contributed by atoms with Gasteiger partial charge in [0.05, 0.1) is 0 Å². The van der Waals surface area contributed by atoms with E-state index in [1.54, 1.807) is 13.8 Å². The van der Waals surface area contributed by atoms with E-state index in [9.17, 15) is 0 Å². The molecule has 0 radical (unpaired) electrons. The smallest absolute Gasteiger partial charge is 0.300 e. The monoisotopic (exact) mass is 222 g/mol. The Hall–Kier alpha value is -1.40. The van der Waals surface area contributed by atoms with E-state index in [2.05, 4.69) is 0 Å². The highest BCUT2D eigenvalue weighted by molar-refractivity contribution is 5.63. The van der Waals surface area contributed by atoms with E-state index < -0.39 is 18.2 Å². The van der Waals surface area contributed by atoms with Crippen molar-refractivity contribution in [2.24, 2.45) is 0 Å². The molecule has 6 nitrogen and oxygen atoms in total. The molecule has 0 rings (SSSR count). The molecule has 0 aliphatic rings. The molecule has 6 heteroatoms. The number of hydrogen-bond acceptors (Lipinski definition) is 4. The molecule has 0 aliphatic heterocycles. The number of carboxylic acid groups (broad SMARTS) is 2. The average molecular weight is 222 g/mol. The molecule has 15 heavy (non-hydrogen) atoms. The minimum Gasteiger partial charge on any atom is -0.481 e. The van der Waals surface area contributed by atoms with Gasteiger partial charge in [-0.1, -0.05) is 5.57 Å². The Balaban J connectivity index is -0.000000155. The van der Waals surface area contributed by atoms with E-state index in [1.165, 1.54) is 6.08 Å². The summed E-state index contributed by atoms with van der Waals surface area (Å²) in [5.41, 5.74) is 0.912. The van der Waals surface area contributed by atoms with Gasteiger partial charge in [0, 0.05) is 13.8 Å². The summed E-state index contributed by atoms with van der Waals surface area (Å²) in [7, 11) is 0. The van der Waals surface area contributed by atoms with Crippen LogP contribution < -0.4 is 0 Å². The van der Waals surface area contributed by atoms with E-state index in [-0.39, 0.29) is 0 Å². The molecule has 0 unspecified atom stereocenters. The molecule has 90 valence electrons. The predicted molar refractivity (Wildman–Crippen MR) is 54.3 cm³/mol. The molecule has 0 spiro atoms. The third-order valence-electron chi connectivity index (χ3n) is 0.482. The van der Waals surface area contributed by atoms with Gasteiger partial charge in [-0.15, -0.1) is 0 Å². The summed E-state index contributed by atoms with van der Waals surface area (Å²) in [6, 6.07) is 0. The second-order valence-electron chi connectivity index (χ2n) is 2.70. The molecule has 0 aromatic heterocycles. The highest BCUT2D eigenvalue weighted by atomic mass is 16.5. The highest BCUT2D eigenvalue weighted by Crippen LogP contribution is 1.88. The van der Waals surface area contributed by atoms with Crippen LogP contribution in [0.3, 0.4) is 0 Å². The van der Waals surface area contributed by atoms with Crippen molar-refractivity contribution < 1.29 is 30.0 Å². The van der Waals surface area contributed by atoms with E-state index in [4.69, 9.17) is 30.0 Å². The van der Waals surface area contributed by atoms with Crippen LogP contribution in [-0.4, -0.2) is 38.7 Å². The predicted octanol–water partition coefficient (Wildman–Crippen LogP) is 0.445. The molecule has 0 saturated carbocycles. The van der Waals surface area contributed by atoms with Crippen molar-refractivity contribution in [3.8, 4) is 0 Å². The maximum atomic E-state index is 9.00. The Bertz CT molecular complexity index is 183. The summed E-state index contributed by atoms with van der Waals surface area (Å²) in [6.45, 7) is 5.78. The van der Waals surface area contributed by atoms with Crippen molar-refractivity contribution >= 4 is 11.9 Å². The fourth-order valence-electron chi connectivity index (χ4n) is 0.298. The number of rotatable bonds is 1. The molecule has 0 amide bonds. The first-order valence-corrected chi connectivity index (χ1v) is 3.99. The van der Waals surface area contributed by atoms with Gasteiger partial charge in [-0.2, -0.15) is 0 Å². The fraction of sp³-hybridized carbons (Fsp3) is 0.556. The number of allylic oxidation sites excluding steroid dienone is 1. The van der Waals surface area contributed by atoms with Crippen molar-refractivity contribution in [3.05, 3.63) is 11.6 Å². The summed E-state index contributed by atoms with van der Waals surface area (Å²) in [5.74, 6) is -1.67. The van der Waals surface area contributed by atoms with Crippen LogP contribution in [0.5, 0.6) is 0 Å². The largest absolute Gasteiger partial charge is 0.481 e. The summed E-state index contributed by atoms with van der Waals surface area (Å²) in [4.78, 5) is 18.0. The topological polar surface area (TPSA) is 115 Å². The van der Waals surface area contributed by atoms with Crippen LogP contribution in [0.1, 0.15) is 27.7 Å². The van der Waals surface area contributed by atoms with Gasteiger partial charge in [-0.25, -0.2) is 0 Å².